The number of ether oxygens (including phenoxy) is 2. The first-order valence-electron chi connectivity index (χ1n) is 9.83. The second-order valence-corrected chi connectivity index (χ2v) is 9.09. The molecule has 0 spiro atoms. The maximum atomic E-state index is 12.8. The van der Waals surface area contributed by atoms with E-state index in [2.05, 4.69) is 26.7 Å². The van der Waals surface area contributed by atoms with Gasteiger partial charge in [-0.25, -0.2) is 9.78 Å². The fourth-order valence-electron chi connectivity index (χ4n) is 3.30. The molecule has 1 fully saturated rings. The highest BCUT2D eigenvalue weighted by molar-refractivity contribution is 7.98. The highest BCUT2D eigenvalue weighted by atomic mass is 32.2. The van der Waals surface area contributed by atoms with Crippen LogP contribution in [0.3, 0.4) is 0 Å². The molecule has 3 aromatic heterocycles. The van der Waals surface area contributed by atoms with Crippen LogP contribution in [-0.2, 0) is 33.0 Å². The summed E-state index contributed by atoms with van der Waals surface area (Å²) >= 11 is 2.42. The largest absolute Gasteiger partial charge is 0.469 e. The van der Waals surface area contributed by atoms with Crippen molar-refractivity contribution in [3.63, 3.8) is 0 Å². The van der Waals surface area contributed by atoms with E-state index in [-0.39, 0.29) is 22.2 Å². The number of nitrogens with one attached hydrogen (secondary N) is 1. The smallest absolute Gasteiger partial charge is 0.348 e. The molecule has 10 nitrogen and oxygen atoms in total. The van der Waals surface area contributed by atoms with Crippen molar-refractivity contribution >= 4 is 45.3 Å². The Labute approximate surface area is 191 Å². The summed E-state index contributed by atoms with van der Waals surface area (Å²) in [6.07, 6.45) is 3.79. The van der Waals surface area contributed by atoms with E-state index in [4.69, 9.17) is 9.47 Å². The number of nitrogens with zero attached hydrogens (tertiary/aromatic N) is 4. The number of hydrogen-bond acceptors (Lipinski definition) is 10. The van der Waals surface area contributed by atoms with Gasteiger partial charge in [-0.2, -0.15) is 0 Å². The van der Waals surface area contributed by atoms with Gasteiger partial charge >= 0.3 is 11.9 Å². The SMILES string of the molecule is C=CCn1c(SCc2nc3sc(C(=O)OC)c(CC(=O)OC)c3c(=O)[nH]2)nnc1C1CC1. The first kappa shape index (κ1) is 22.2. The first-order chi connectivity index (χ1) is 15.5. The van der Waals surface area contributed by atoms with E-state index in [0.717, 1.165) is 35.2 Å². The number of esters is 2. The first-order valence-corrected chi connectivity index (χ1v) is 11.6. The van der Waals surface area contributed by atoms with Gasteiger partial charge in [0.1, 0.15) is 21.4 Å². The van der Waals surface area contributed by atoms with Gasteiger partial charge in [0.25, 0.3) is 5.56 Å². The van der Waals surface area contributed by atoms with Gasteiger partial charge in [-0.15, -0.1) is 28.1 Å². The molecular weight excluding hydrogens is 454 g/mol. The predicted octanol–water partition coefficient (Wildman–Crippen LogP) is 2.43. The Hall–Kier alpha value is -2.99. The Balaban J connectivity index is 1.65. The number of H-pyrrole nitrogens is 1. The van der Waals surface area contributed by atoms with Gasteiger partial charge in [0, 0.05) is 18.0 Å². The zero-order chi connectivity index (χ0) is 22.8. The molecule has 0 aliphatic heterocycles. The summed E-state index contributed by atoms with van der Waals surface area (Å²) in [5.74, 6) is 0.980. The van der Waals surface area contributed by atoms with Gasteiger partial charge < -0.3 is 19.0 Å². The van der Waals surface area contributed by atoms with E-state index in [9.17, 15) is 14.4 Å². The molecule has 12 heteroatoms. The number of carbonyl (C=O) groups is 2. The molecule has 3 heterocycles. The number of allylic oxidation sites excluding steroid dienone is 1. The van der Waals surface area contributed by atoms with E-state index in [1.807, 2.05) is 4.57 Å². The Morgan fingerprint density at radius 1 is 1.31 bits per heavy atom. The number of fused-ring (bicyclic) bond motifs is 1. The van der Waals surface area contributed by atoms with Gasteiger partial charge in [0.15, 0.2) is 5.16 Å². The highest BCUT2D eigenvalue weighted by Gasteiger charge is 2.30. The van der Waals surface area contributed by atoms with Crippen LogP contribution < -0.4 is 5.56 Å². The monoisotopic (exact) mass is 475 g/mol. The molecule has 0 saturated heterocycles. The fraction of sp³-hybridized carbons (Fsp3) is 0.400. The molecule has 0 unspecified atom stereocenters. The Morgan fingerprint density at radius 2 is 2.09 bits per heavy atom. The van der Waals surface area contributed by atoms with Crippen LogP contribution in [-0.4, -0.2) is 50.9 Å². The zero-order valence-electron chi connectivity index (χ0n) is 17.5. The average Bonchev–Trinajstić information content (AvgIpc) is 3.45. The zero-order valence-corrected chi connectivity index (χ0v) is 19.2. The second-order valence-electron chi connectivity index (χ2n) is 7.15. The summed E-state index contributed by atoms with van der Waals surface area (Å²) in [6, 6.07) is 0. The number of methoxy groups -OCH3 is 2. The number of carbonyl (C=O) groups excluding carboxylic acids is 2. The Morgan fingerprint density at radius 3 is 2.75 bits per heavy atom. The van der Waals surface area contributed by atoms with Crippen LogP contribution in [0.1, 0.15) is 45.6 Å². The van der Waals surface area contributed by atoms with Crippen LogP contribution in [0.5, 0.6) is 0 Å². The molecule has 4 rings (SSSR count). The van der Waals surface area contributed by atoms with E-state index >= 15 is 0 Å². The van der Waals surface area contributed by atoms with E-state index in [0.29, 0.717) is 28.9 Å². The highest BCUT2D eigenvalue weighted by Crippen LogP contribution is 2.40. The molecule has 0 aromatic carbocycles. The van der Waals surface area contributed by atoms with Crippen molar-refractivity contribution in [2.24, 2.45) is 0 Å². The molecule has 1 saturated carbocycles. The van der Waals surface area contributed by atoms with Gasteiger partial charge in [-0.1, -0.05) is 17.8 Å². The molecule has 3 aromatic rings. The molecule has 1 N–H and O–H groups in total. The van der Waals surface area contributed by atoms with Crippen molar-refractivity contribution in [2.75, 3.05) is 14.2 Å². The molecule has 1 aliphatic carbocycles. The second kappa shape index (κ2) is 9.25. The number of thioether (sulfide) groups is 1. The number of thiophene rings is 1. The van der Waals surface area contributed by atoms with Gasteiger partial charge in [-0.3, -0.25) is 9.59 Å². The molecule has 32 heavy (non-hydrogen) atoms. The van der Waals surface area contributed by atoms with Crippen LogP contribution in [0, 0.1) is 0 Å². The van der Waals surface area contributed by atoms with Crippen LogP contribution in [0.25, 0.3) is 10.2 Å². The van der Waals surface area contributed by atoms with Crippen LogP contribution in [0.2, 0.25) is 0 Å². The molecule has 0 bridgehead atoms. The van der Waals surface area contributed by atoms with Crippen molar-refractivity contribution < 1.29 is 19.1 Å². The van der Waals surface area contributed by atoms with Crippen molar-refractivity contribution in [1.29, 1.82) is 0 Å². The van der Waals surface area contributed by atoms with Crippen molar-refractivity contribution in [3.05, 3.63) is 45.1 Å². The predicted molar refractivity (Wildman–Crippen MR) is 119 cm³/mol. The summed E-state index contributed by atoms with van der Waals surface area (Å²) in [5.41, 5.74) is -0.168. The lowest BCUT2D eigenvalue weighted by Gasteiger charge is -2.06. The van der Waals surface area contributed by atoms with Crippen LogP contribution in [0.4, 0.5) is 0 Å². The molecule has 0 radical (unpaired) electrons. The Kier molecular flexibility index (Phi) is 6.42. The molecule has 0 amide bonds. The van der Waals surface area contributed by atoms with E-state index < -0.39 is 17.5 Å². The quantitative estimate of drug-likeness (QED) is 0.282. The van der Waals surface area contributed by atoms with Crippen molar-refractivity contribution in [2.45, 2.75) is 42.6 Å². The maximum absolute atomic E-state index is 12.8. The van der Waals surface area contributed by atoms with Crippen molar-refractivity contribution in [3.8, 4) is 0 Å². The van der Waals surface area contributed by atoms with E-state index in [1.165, 1.54) is 26.0 Å². The fourth-order valence-corrected chi connectivity index (χ4v) is 5.26. The summed E-state index contributed by atoms with van der Waals surface area (Å²) in [7, 11) is 2.48. The third kappa shape index (κ3) is 4.32. The van der Waals surface area contributed by atoms with E-state index in [1.54, 1.807) is 6.08 Å². The summed E-state index contributed by atoms with van der Waals surface area (Å²) in [4.78, 5) is 44.7. The summed E-state index contributed by atoms with van der Waals surface area (Å²) < 4.78 is 11.5. The van der Waals surface area contributed by atoms with Gasteiger partial charge in [0.05, 0.1) is 31.8 Å². The summed E-state index contributed by atoms with van der Waals surface area (Å²) in [6.45, 7) is 4.41. The number of aromatic nitrogens is 5. The summed E-state index contributed by atoms with van der Waals surface area (Å²) in [5, 5.41) is 9.52. The topological polar surface area (TPSA) is 129 Å². The molecule has 168 valence electrons. The third-order valence-electron chi connectivity index (χ3n) is 4.97. The van der Waals surface area contributed by atoms with Crippen LogP contribution >= 0.6 is 23.1 Å². The maximum Gasteiger partial charge on any atom is 0.348 e. The minimum absolute atomic E-state index is 0.163. The van der Waals surface area contributed by atoms with Crippen molar-refractivity contribution in [1.82, 2.24) is 24.7 Å². The minimum atomic E-state index is -0.632. The Bertz CT molecular complexity index is 1260. The van der Waals surface area contributed by atoms with Gasteiger partial charge in [0.2, 0.25) is 0 Å². The average molecular weight is 476 g/mol. The standard InChI is InChI=1S/C20H21N5O5S2/c1-4-7-25-16(10-5-6-10)23-24-20(25)31-9-12-21-17(27)14-11(8-13(26)29-2)15(19(28)30-3)32-18(14)22-12/h4,10H,1,5-9H2,2-3H3,(H,21,22,27). The molecular formula is C20H21N5O5S2. The number of aromatic amines is 1. The normalized spacial score (nSPS) is 13.3. The lowest BCUT2D eigenvalue weighted by Crippen LogP contribution is -2.15. The lowest BCUT2D eigenvalue weighted by molar-refractivity contribution is -0.139. The third-order valence-corrected chi connectivity index (χ3v) is 7.05. The van der Waals surface area contributed by atoms with Gasteiger partial charge in [-0.05, 0) is 12.8 Å². The molecule has 1 aliphatic rings. The minimum Gasteiger partial charge on any atom is -0.469 e. The number of rotatable bonds is 9. The van der Waals surface area contributed by atoms with Crippen LogP contribution in [0.15, 0.2) is 22.6 Å². The lowest BCUT2D eigenvalue weighted by atomic mass is 10.1. The molecule has 0 atom stereocenters. The number of hydrogen-bond donors (Lipinski definition) is 1.